The number of urea groups is 1. The van der Waals surface area contributed by atoms with Crippen molar-refractivity contribution in [3.8, 4) is 17.1 Å². The first kappa shape index (κ1) is 54.5. The number of amides is 3. The zero-order chi connectivity index (χ0) is 37.6. The van der Waals surface area contributed by atoms with Crippen LogP contribution in [0.25, 0.3) is 11.3 Å². The van der Waals surface area contributed by atoms with E-state index in [0.717, 1.165) is 23.2 Å². The van der Waals surface area contributed by atoms with Gasteiger partial charge in [0.05, 0.1) is 18.9 Å². The molecule has 314 valence electrons. The molecule has 0 unspecified atom stereocenters. The standard InChI is InChI=1S/C34H41N5O5.C2HF3O2.3FH.2H2O/c1-23(2)20-39(24(3)4)21-32(26-11-7-6-8-12-26)44-34(41)36-18-25-10-9-13-27(16-25)37-33(40)38-28-14-15-29(30(17-28)42-5)31-19-35-22-43-31;3-2(4,5)1(6)7;;;;;/h6-17,19,22-24,32H,18,20-21H2,1-5H3,(H,36,41)(H2,37,38,40);(H,6,7);3*1H;2*1H2/t32-;;;;;;/m1....../s1. The fourth-order valence-corrected chi connectivity index (χ4v) is 4.78. The van der Waals surface area contributed by atoms with Gasteiger partial charge in [0.15, 0.2) is 12.2 Å². The van der Waals surface area contributed by atoms with Gasteiger partial charge in [0.2, 0.25) is 0 Å². The lowest BCUT2D eigenvalue weighted by atomic mass is 10.1. The number of hydrogen-bond donors (Lipinski definition) is 4. The number of halogens is 6. The quantitative estimate of drug-likeness (QED) is 0.105. The van der Waals surface area contributed by atoms with Gasteiger partial charge in [-0.15, -0.1) is 0 Å². The lowest BCUT2D eigenvalue weighted by Crippen LogP contribution is -2.39. The van der Waals surface area contributed by atoms with Crippen molar-refractivity contribution >= 4 is 29.5 Å². The third kappa shape index (κ3) is 18.0. The molecule has 0 radical (unpaired) electrons. The Kier molecular flexibility index (Phi) is 25.3. The Labute approximate surface area is 319 Å². The van der Waals surface area contributed by atoms with E-state index in [2.05, 4.69) is 53.5 Å². The van der Waals surface area contributed by atoms with Crippen LogP contribution in [-0.2, 0) is 16.1 Å². The molecule has 3 aromatic carbocycles. The molecule has 0 aliphatic heterocycles. The molecule has 0 fully saturated rings. The maximum Gasteiger partial charge on any atom is 0.490 e. The number of carbonyl (C=O) groups is 3. The number of nitrogens with one attached hydrogen (secondary N) is 3. The van der Waals surface area contributed by atoms with Crippen molar-refractivity contribution in [1.82, 2.24) is 15.2 Å². The monoisotopic (exact) mass is 809 g/mol. The number of oxazole rings is 1. The van der Waals surface area contributed by atoms with Gasteiger partial charge in [-0.3, -0.25) is 19.0 Å². The van der Waals surface area contributed by atoms with Crippen molar-refractivity contribution < 1.29 is 71.6 Å². The molecule has 0 aliphatic carbocycles. The summed E-state index contributed by atoms with van der Waals surface area (Å²) in [5.74, 6) is -1.18. The highest BCUT2D eigenvalue weighted by molar-refractivity contribution is 6.00. The van der Waals surface area contributed by atoms with E-state index in [9.17, 15) is 22.8 Å². The van der Waals surface area contributed by atoms with Gasteiger partial charge in [-0.25, -0.2) is 19.4 Å². The summed E-state index contributed by atoms with van der Waals surface area (Å²) >= 11 is 0. The number of alkyl halides is 3. The van der Waals surface area contributed by atoms with Gasteiger partial charge in [-0.2, -0.15) is 13.2 Å². The number of alkyl carbamates (subject to hydrolysis) is 1. The summed E-state index contributed by atoms with van der Waals surface area (Å²) in [6.07, 6.45) is -3.07. The first-order valence-corrected chi connectivity index (χ1v) is 15.9. The maximum atomic E-state index is 12.9. The van der Waals surface area contributed by atoms with Crippen molar-refractivity contribution in [3.63, 3.8) is 0 Å². The fourth-order valence-electron chi connectivity index (χ4n) is 4.78. The number of aromatic nitrogens is 1. The van der Waals surface area contributed by atoms with Crippen LogP contribution in [0.3, 0.4) is 0 Å². The van der Waals surface area contributed by atoms with Gasteiger partial charge in [-0.1, -0.05) is 56.3 Å². The number of ether oxygens (including phenoxy) is 2. The normalized spacial score (nSPS) is 10.7. The minimum absolute atomic E-state index is 0. The SMILES string of the molecule is COc1cc(NC(=O)Nc2cccc(CNC(=O)O[C@H](CN(CC(C)C)C(C)C)c3ccccc3)c2)ccc1-c1cnco1.F.F.F.O.O.O=C(O)C(F)(F)F. The Morgan fingerprint density at radius 3 is 2.00 bits per heavy atom. The van der Waals surface area contributed by atoms with Crippen LogP contribution >= 0.6 is 0 Å². The van der Waals surface area contributed by atoms with E-state index in [0.29, 0.717) is 41.4 Å². The minimum Gasteiger partial charge on any atom is -0.496 e. The summed E-state index contributed by atoms with van der Waals surface area (Å²) in [6.45, 7) is 10.4. The molecule has 1 heterocycles. The summed E-state index contributed by atoms with van der Waals surface area (Å²) < 4.78 is 48.5. The van der Waals surface area contributed by atoms with E-state index in [1.165, 1.54) is 6.39 Å². The number of carboxylic acids is 1. The Bertz CT molecular complexity index is 1720. The Morgan fingerprint density at radius 2 is 1.48 bits per heavy atom. The predicted octanol–water partition coefficient (Wildman–Crippen LogP) is 6.77. The summed E-state index contributed by atoms with van der Waals surface area (Å²) in [7, 11) is 1.55. The molecular formula is C36H49F6N5O9. The number of rotatable bonds is 13. The molecule has 0 spiro atoms. The number of nitrogens with zero attached hydrogens (tertiary/aromatic N) is 2. The van der Waals surface area contributed by atoms with Gasteiger partial charge in [0.1, 0.15) is 11.9 Å². The predicted molar refractivity (Wildman–Crippen MR) is 200 cm³/mol. The molecule has 3 amide bonds. The van der Waals surface area contributed by atoms with Crippen LogP contribution in [0.5, 0.6) is 5.75 Å². The van der Waals surface area contributed by atoms with E-state index in [-0.39, 0.29) is 31.6 Å². The Morgan fingerprint density at radius 1 is 0.875 bits per heavy atom. The second kappa shape index (κ2) is 26.0. The van der Waals surface area contributed by atoms with Crippen LogP contribution in [-0.4, -0.2) is 76.5 Å². The van der Waals surface area contributed by atoms with Crippen molar-refractivity contribution in [3.05, 3.63) is 96.5 Å². The smallest absolute Gasteiger partial charge is 0.490 e. The van der Waals surface area contributed by atoms with Crippen molar-refractivity contribution in [1.29, 1.82) is 0 Å². The van der Waals surface area contributed by atoms with E-state index in [1.807, 2.05) is 42.5 Å². The van der Waals surface area contributed by atoms with Crippen LogP contribution in [0.4, 0.5) is 48.2 Å². The number of anilines is 2. The van der Waals surface area contributed by atoms with Crippen molar-refractivity contribution in [2.75, 3.05) is 30.8 Å². The highest BCUT2D eigenvalue weighted by Gasteiger charge is 2.38. The van der Waals surface area contributed by atoms with E-state index < -0.39 is 30.4 Å². The third-order valence-electron chi connectivity index (χ3n) is 7.17. The van der Waals surface area contributed by atoms with Crippen LogP contribution in [0, 0.1) is 5.92 Å². The molecule has 4 aromatic rings. The average molecular weight is 810 g/mol. The highest BCUT2D eigenvalue weighted by Crippen LogP contribution is 2.32. The minimum atomic E-state index is -5.08. The van der Waals surface area contributed by atoms with Gasteiger partial charge in [0, 0.05) is 43.1 Å². The molecule has 56 heavy (non-hydrogen) atoms. The lowest BCUT2D eigenvalue weighted by molar-refractivity contribution is -0.192. The first-order chi connectivity index (χ1) is 24.2. The van der Waals surface area contributed by atoms with Gasteiger partial charge in [-0.05, 0) is 55.2 Å². The molecule has 0 saturated heterocycles. The molecular weight excluding hydrogens is 760 g/mol. The van der Waals surface area contributed by atoms with Crippen LogP contribution in [0.2, 0.25) is 0 Å². The molecule has 20 heteroatoms. The Balaban J connectivity index is -0.00000214. The van der Waals surface area contributed by atoms with E-state index >= 15 is 0 Å². The van der Waals surface area contributed by atoms with Gasteiger partial charge >= 0.3 is 24.3 Å². The molecule has 0 saturated carbocycles. The number of benzene rings is 3. The van der Waals surface area contributed by atoms with Crippen LogP contribution in [0.15, 0.2) is 89.8 Å². The van der Waals surface area contributed by atoms with E-state index in [1.54, 1.807) is 43.6 Å². The maximum absolute atomic E-state index is 12.9. The molecule has 4 rings (SSSR count). The molecule has 14 nitrogen and oxygen atoms in total. The molecule has 0 aliphatic rings. The number of aliphatic carboxylic acids is 1. The average Bonchev–Trinajstić information content (AvgIpc) is 3.62. The number of carbonyl (C=O) groups excluding carboxylic acids is 2. The molecule has 1 atom stereocenters. The van der Waals surface area contributed by atoms with Crippen LogP contribution < -0.4 is 20.7 Å². The zero-order valence-corrected chi connectivity index (χ0v) is 31.1. The first-order valence-electron chi connectivity index (χ1n) is 15.9. The summed E-state index contributed by atoms with van der Waals surface area (Å²) in [5, 5.41) is 15.6. The number of carboxylic acid groups (broad SMARTS) is 1. The second-order valence-electron chi connectivity index (χ2n) is 12.0. The van der Waals surface area contributed by atoms with Crippen LogP contribution in [0.1, 0.15) is 44.9 Å². The van der Waals surface area contributed by atoms with Gasteiger partial charge < -0.3 is 45.9 Å². The van der Waals surface area contributed by atoms with E-state index in [4.69, 9.17) is 23.8 Å². The Hall–Kier alpha value is -5.86. The fraction of sp³-hybridized carbons (Fsp3) is 0.333. The lowest BCUT2D eigenvalue weighted by Gasteiger charge is -2.32. The summed E-state index contributed by atoms with van der Waals surface area (Å²) in [4.78, 5) is 40.8. The number of hydrogen-bond acceptors (Lipinski definition) is 8. The van der Waals surface area contributed by atoms with Crippen molar-refractivity contribution in [2.45, 2.75) is 52.6 Å². The summed E-state index contributed by atoms with van der Waals surface area (Å²) in [6, 6.07) is 22.2. The molecule has 0 bridgehead atoms. The third-order valence-corrected chi connectivity index (χ3v) is 7.17. The molecule has 8 N–H and O–H groups in total. The second-order valence-corrected chi connectivity index (χ2v) is 12.0. The zero-order valence-electron chi connectivity index (χ0n) is 31.1. The van der Waals surface area contributed by atoms with Crippen molar-refractivity contribution in [2.24, 2.45) is 5.92 Å². The largest absolute Gasteiger partial charge is 0.496 e. The number of methoxy groups -OCH3 is 1. The highest BCUT2D eigenvalue weighted by atomic mass is 19.4. The molecule has 1 aromatic heterocycles. The topological polar surface area (TPSA) is 218 Å². The van der Waals surface area contributed by atoms with Gasteiger partial charge in [0.25, 0.3) is 0 Å². The summed E-state index contributed by atoms with van der Waals surface area (Å²) in [5.41, 5.74) is 3.58.